The zero-order chi connectivity index (χ0) is 13.7. The zero-order valence-electron chi connectivity index (χ0n) is 10.7. The molecule has 0 spiro atoms. The number of rotatable bonds is 4. The maximum Gasteiger partial charge on any atom is 0.257 e. The van der Waals surface area contributed by atoms with E-state index < -0.39 is 0 Å². The Labute approximate surface area is 106 Å². The summed E-state index contributed by atoms with van der Waals surface area (Å²) in [7, 11) is 4.53. The van der Waals surface area contributed by atoms with Crippen molar-refractivity contribution in [2.24, 2.45) is 0 Å². The molecule has 1 rings (SSSR count). The molecule has 1 aromatic rings. The summed E-state index contributed by atoms with van der Waals surface area (Å²) in [5.41, 5.74) is 6.44. The molecule has 0 aliphatic carbocycles. The molecule has 0 aliphatic rings. The third-order valence-electron chi connectivity index (χ3n) is 2.46. The van der Waals surface area contributed by atoms with Crippen LogP contribution in [-0.4, -0.2) is 44.5 Å². The normalized spacial score (nSPS) is 9.72. The smallest absolute Gasteiger partial charge is 0.257 e. The van der Waals surface area contributed by atoms with Gasteiger partial charge in [-0.2, -0.15) is 0 Å². The van der Waals surface area contributed by atoms with Crippen molar-refractivity contribution in [2.75, 3.05) is 33.5 Å². The highest BCUT2D eigenvalue weighted by Gasteiger charge is 2.18. The number of nitrogen functional groups attached to an aromatic ring is 1. The number of hydrogen-bond donors (Lipinski definition) is 2. The number of ether oxygens (including phenoxy) is 1. The third-order valence-corrected chi connectivity index (χ3v) is 2.46. The fraction of sp³-hybridized carbons (Fsp3) is 0.333. The van der Waals surface area contributed by atoms with Crippen LogP contribution in [0.2, 0.25) is 0 Å². The molecule has 18 heavy (non-hydrogen) atoms. The Kier molecular flexibility index (Phi) is 4.53. The number of benzene rings is 1. The Hall–Kier alpha value is -2.24. The van der Waals surface area contributed by atoms with Crippen molar-refractivity contribution in [3.05, 3.63) is 23.8 Å². The predicted octanol–water partition coefficient (Wildman–Crippen LogP) is 0.0954. The summed E-state index contributed by atoms with van der Waals surface area (Å²) in [6, 6.07) is 4.80. The fourth-order valence-corrected chi connectivity index (χ4v) is 1.46. The van der Waals surface area contributed by atoms with Crippen LogP contribution in [-0.2, 0) is 4.79 Å². The van der Waals surface area contributed by atoms with Gasteiger partial charge in [0.15, 0.2) is 0 Å². The predicted molar refractivity (Wildman–Crippen MR) is 68.4 cm³/mol. The summed E-state index contributed by atoms with van der Waals surface area (Å²) < 4.78 is 5.10. The number of hydrogen-bond acceptors (Lipinski definition) is 4. The number of carbonyl (C=O) groups is 2. The van der Waals surface area contributed by atoms with Gasteiger partial charge in [0.05, 0.1) is 19.2 Å². The van der Waals surface area contributed by atoms with Crippen LogP contribution in [0.4, 0.5) is 5.69 Å². The van der Waals surface area contributed by atoms with Crippen LogP contribution in [0.15, 0.2) is 18.2 Å². The molecule has 0 saturated heterocycles. The highest BCUT2D eigenvalue weighted by Crippen LogP contribution is 2.22. The first kappa shape index (κ1) is 13.8. The van der Waals surface area contributed by atoms with Crippen molar-refractivity contribution >= 4 is 17.5 Å². The van der Waals surface area contributed by atoms with Gasteiger partial charge in [-0.1, -0.05) is 0 Å². The number of carbonyl (C=O) groups excluding carboxylic acids is 2. The molecule has 0 atom stereocenters. The van der Waals surface area contributed by atoms with Crippen molar-refractivity contribution in [2.45, 2.75) is 0 Å². The van der Waals surface area contributed by atoms with E-state index in [9.17, 15) is 9.59 Å². The minimum absolute atomic E-state index is 0.0205. The van der Waals surface area contributed by atoms with Crippen molar-refractivity contribution in [1.29, 1.82) is 0 Å². The lowest BCUT2D eigenvalue weighted by Gasteiger charge is -2.18. The lowest BCUT2D eigenvalue weighted by atomic mass is 10.1. The summed E-state index contributed by atoms with van der Waals surface area (Å²) >= 11 is 0. The molecule has 0 saturated carbocycles. The molecule has 0 aliphatic heterocycles. The molecule has 6 nitrogen and oxygen atoms in total. The van der Waals surface area contributed by atoms with Crippen LogP contribution in [0.5, 0.6) is 5.75 Å². The number of likely N-dealkylation sites (N-methyl/N-ethyl adjacent to an activating group) is 2. The molecule has 0 aromatic heterocycles. The van der Waals surface area contributed by atoms with Gasteiger partial charge in [0.1, 0.15) is 5.75 Å². The number of nitrogens with one attached hydrogen (secondary N) is 1. The monoisotopic (exact) mass is 251 g/mol. The first-order valence-corrected chi connectivity index (χ1v) is 5.39. The number of amides is 2. The summed E-state index contributed by atoms with van der Waals surface area (Å²) in [4.78, 5) is 24.7. The minimum Gasteiger partial charge on any atom is -0.496 e. The van der Waals surface area contributed by atoms with Gasteiger partial charge in [-0.3, -0.25) is 9.59 Å². The highest BCUT2D eigenvalue weighted by molar-refractivity contribution is 5.99. The quantitative estimate of drug-likeness (QED) is 0.743. The second kappa shape index (κ2) is 5.90. The van der Waals surface area contributed by atoms with Gasteiger partial charge >= 0.3 is 0 Å². The van der Waals surface area contributed by atoms with Gasteiger partial charge < -0.3 is 20.7 Å². The van der Waals surface area contributed by atoms with Crippen molar-refractivity contribution in [1.82, 2.24) is 10.2 Å². The van der Waals surface area contributed by atoms with E-state index in [2.05, 4.69) is 5.32 Å². The van der Waals surface area contributed by atoms with Gasteiger partial charge in [-0.15, -0.1) is 0 Å². The van der Waals surface area contributed by atoms with Gasteiger partial charge in [-0.25, -0.2) is 0 Å². The molecular weight excluding hydrogens is 234 g/mol. The van der Waals surface area contributed by atoms with Gasteiger partial charge in [0.2, 0.25) is 5.91 Å². The largest absolute Gasteiger partial charge is 0.496 e. The molecule has 98 valence electrons. The second-order valence-corrected chi connectivity index (χ2v) is 3.79. The van der Waals surface area contributed by atoms with Gasteiger partial charge in [0.25, 0.3) is 5.91 Å². The molecule has 0 bridgehead atoms. The first-order chi connectivity index (χ1) is 8.49. The number of nitrogens with two attached hydrogens (primary N) is 1. The summed E-state index contributed by atoms with van der Waals surface area (Å²) in [6.45, 7) is -0.0205. The Bertz CT molecular complexity index is 460. The van der Waals surface area contributed by atoms with Crippen LogP contribution in [0.25, 0.3) is 0 Å². The van der Waals surface area contributed by atoms with Gasteiger partial charge in [-0.05, 0) is 18.2 Å². The topological polar surface area (TPSA) is 84.7 Å². The van der Waals surface area contributed by atoms with Crippen LogP contribution in [0.3, 0.4) is 0 Å². The molecule has 0 fully saturated rings. The number of anilines is 1. The molecule has 0 heterocycles. The van der Waals surface area contributed by atoms with Crippen LogP contribution in [0, 0.1) is 0 Å². The molecule has 2 amide bonds. The Balaban J connectivity index is 2.95. The van der Waals surface area contributed by atoms with Gasteiger partial charge in [0, 0.05) is 19.8 Å². The van der Waals surface area contributed by atoms with Crippen molar-refractivity contribution < 1.29 is 14.3 Å². The van der Waals surface area contributed by atoms with Crippen LogP contribution < -0.4 is 15.8 Å². The lowest BCUT2D eigenvalue weighted by molar-refractivity contribution is -0.121. The van der Waals surface area contributed by atoms with E-state index in [1.54, 1.807) is 19.2 Å². The number of nitrogens with zero attached hydrogens (tertiary/aromatic N) is 1. The fourth-order valence-electron chi connectivity index (χ4n) is 1.46. The summed E-state index contributed by atoms with van der Waals surface area (Å²) in [6.07, 6.45) is 0. The molecule has 1 aromatic carbocycles. The molecule has 0 radical (unpaired) electrons. The molecule has 3 N–H and O–H groups in total. The SMILES string of the molecule is CNC(=O)CN(C)C(=O)c1cc(N)ccc1OC. The van der Waals surface area contributed by atoms with E-state index >= 15 is 0 Å². The maximum atomic E-state index is 12.1. The van der Waals surface area contributed by atoms with E-state index in [-0.39, 0.29) is 18.4 Å². The van der Waals surface area contributed by atoms with Crippen LogP contribution in [0.1, 0.15) is 10.4 Å². The van der Waals surface area contributed by atoms with E-state index in [1.807, 2.05) is 0 Å². The van der Waals surface area contributed by atoms with E-state index in [0.29, 0.717) is 17.0 Å². The highest BCUT2D eigenvalue weighted by atomic mass is 16.5. The first-order valence-electron chi connectivity index (χ1n) is 5.39. The molecule has 6 heteroatoms. The van der Waals surface area contributed by atoms with E-state index in [0.717, 1.165) is 0 Å². The van der Waals surface area contributed by atoms with E-state index in [1.165, 1.54) is 25.1 Å². The summed E-state index contributed by atoms with van der Waals surface area (Å²) in [5, 5.41) is 2.45. The Morgan fingerprint density at radius 2 is 2.11 bits per heavy atom. The molecular formula is C12H17N3O3. The maximum absolute atomic E-state index is 12.1. The van der Waals surface area contributed by atoms with Crippen molar-refractivity contribution in [3.63, 3.8) is 0 Å². The van der Waals surface area contributed by atoms with E-state index in [4.69, 9.17) is 10.5 Å². The van der Waals surface area contributed by atoms with Crippen molar-refractivity contribution in [3.8, 4) is 5.75 Å². The number of methoxy groups -OCH3 is 1. The standard InChI is InChI=1S/C12H17N3O3/c1-14-11(16)7-15(2)12(17)9-6-8(13)4-5-10(9)18-3/h4-6H,7,13H2,1-3H3,(H,14,16). The summed E-state index contributed by atoms with van der Waals surface area (Å²) in [5.74, 6) is -0.130. The average Bonchev–Trinajstić information content (AvgIpc) is 2.37. The minimum atomic E-state index is -0.317. The Morgan fingerprint density at radius 3 is 2.67 bits per heavy atom. The second-order valence-electron chi connectivity index (χ2n) is 3.79. The molecule has 0 unspecified atom stereocenters. The lowest BCUT2D eigenvalue weighted by Crippen LogP contribution is -2.37. The Morgan fingerprint density at radius 1 is 1.44 bits per heavy atom. The average molecular weight is 251 g/mol. The van der Waals surface area contributed by atoms with Crippen LogP contribution >= 0.6 is 0 Å². The zero-order valence-corrected chi connectivity index (χ0v) is 10.7. The third kappa shape index (κ3) is 3.13.